The summed E-state index contributed by atoms with van der Waals surface area (Å²) in [6.07, 6.45) is 6.71. The summed E-state index contributed by atoms with van der Waals surface area (Å²) < 4.78 is 5.79. The van der Waals surface area contributed by atoms with Gasteiger partial charge in [0.2, 0.25) is 0 Å². The van der Waals surface area contributed by atoms with Gasteiger partial charge in [-0.3, -0.25) is 0 Å². The molecule has 0 aromatic heterocycles. The smallest absolute Gasteiger partial charge is 0.0599 e. The molecule has 112 valence electrons. The Morgan fingerprint density at radius 2 is 1.85 bits per heavy atom. The van der Waals surface area contributed by atoms with E-state index in [1.54, 1.807) is 0 Å². The summed E-state index contributed by atoms with van der Waals surface area (Å²) >= 11 is 3.41. The van der Waals surface area contributed by atoms with Crippen LogP contribution in [0.25, 0.3) is 0 Å². The van der Waals surface area contributed by atoms with Crippen molar-refractivity contribution >= 4 is 15.9 Å². The van der Waals surface area contributed by atoms with Gasteiger partial charge in [0.15, 0.2) is 0 Å². The molecule has 0 N–H and O–H groups in total. The molecule has 1 aliphatic heterocycles. The van der Waals surface area contributed by atoms with Crippen molar-refractivity contribution in [3.8, 4) is 0 Å². The van der Waals surface area contributed by atoms with Crippen LogP contribution in [0.1, 0.15) is 31.2 Å². The Labute approximate surface area is 131 Å². The van der Waals surface area contributed by atoms with Crippen LogP contribution in [-0.2, 0) is 11.2 Å². The third-order valence-electron chi connectivity index (χ3n) is 4.00. The number of ether oxygens (including phenoxy) is 1. The summed E-state index contributed by atoms with van der Waals surface area (Å²) in [5.41, 5.74) is 1.47. The van der Waals surface area contributed by atoms with E-state index >= 15 is 0 Å². The molecule has 0 radical (unpaired) electrons. The van der Waals surface area contributed by atoms with Crippen LogP contribution in [0, 0.1) is 0 Å². The summed E-state index contributed by atoms with van der Waals surface area (Å²) in [4.78, 5) is 2.60. The van der Waals surface area contributed by atoms with Crippen LogP contribution in [0.3, 0.4) is 0 Å². The van der Waals surface area contributed by atoms with Gasteiger partial charge in [-0.15, -0.1) is 0 Å². The fourth-order valence-corrected chi connectivity index (χ4v) is 3.01. The van der Waals surface area contributed by atoms with Gasteiger partial charge < -0.3 is 9.64 Å². The molecule has 0 atom stereocenters. The summed E-state index contributed by atoms with van der Waals surface area (Å²) in [7, 11) is 0. The Kier molecular flexibility index (Phi) is 7.63. The molecule has 2 rings (SSSR count). The lowest BCUT2D eigenvalue weighted by Gasteiger charge is -2.31. The molecule has 0 spiro atoms. The van der Waals surface area contributed by atoms with Crippen LogP contribution in [0.5, 0.6) is 0 Å². The highest BCUT2D eigenvalue weighted by molar-refractivity contribution is 9.09. The van der Waals surface area contributed by atoms with Gasteiger partial charge in [0.1, 0.15) is 0 Å². The van der Waals surface area contributed by atoms with Crippen LogP contribution >= 0.6 is 15.9 Å². The molecule has 20 heavy (non-hydrogen) atoms. The van der Waals surface area contributed by atoms with Gasteiger partial charge in [-0.05, 0) is 44.2 Å². The highest BCUT2D eigenvalue weighted by Crippen LogP contribution is 2.15. The van der Waals surface area contributed by atoms with Crippen LogP contribution in [-0.4, -0.2) is 42.6 Å². The minimum atomic E-state index is 0.494. The van der Waals surface area contributed by atoms with Gasteiger partial charge in [-0.1, -0.05) is 46.3 Å². The molecule has 0 unspecified atom stereocenters. The first kappa shape index (κ1) is 16.0. The predicted molar refractivity (Wildman–Crippen MR) is 88.6 cm³/mol. The van der Waals surface area contributed by atoms with Gasteiger partial charge >= 0.3 is 0 Å². The first-order valence-electron chi connectivity index (χ1n) is 7.82. The first-order chi connectivity index (χ1) is 9.88. The van der Waals surface area contributed by atoms with E-state index in [1.165, 1.54) is 57.3 Å². The summed E-state index contributed by atoms with van der Waals surface area (Å²) in [6.45, 7) is 4.51. The number of likely N-dealkylation sites (tertiary alicyclic amines) is 1. The molecule has 0 amide bonds. The van der Waals surface area contributed by atoms with Crippen LogP contribution < -0.4 is 0 Å². The molecule has 1 aromatic rings. The van der Waals surface area contributed by atoms with E-state index in [0.717, 1.165) is 11.9 Å². The quantitative estimate of drug-likeness (QED) is 0.526. The van der Waals surface area contributed by atoms with Crippen molar-refractivity contribution in [2.45, 2.75) is 38.2 Å². The normalized spacial score (nSPS) is 17.4. The Balaban J connectivity index is 1.53. The van der Waals surface area contributed by atoms with E-state index in [2.05, 4.69) is 51.2 Å². The van der Waals surface area contributed by atoms with Crippen molar-refractivity contribution in [2.75, 3.05) is 31.6 Å². The summed E-state index contributed by atoms with van der Waals surface area (Å²) in [6, 6.07) is 10.8. The van der Waals surface area contributed by atoms with Crippen LogP contribution in [0.4, 0.5) is 0 Å². The van der Waals surface area contributed by atoms with E-state index in [-0.39, 0.29) is 0 Å². The van der Waals surface area contributed by atoms with E-state index in [0.29, 0.717) is 6.10 Å². The number of benzene rings is 1. The zero-order valence-corrected chi connectivity index (χ0v) is 13.9. The SMILES string of the molecule is BrCCOC1CCN(CCCCc2ccccc2)CC1. The van der Waals surface area contributed by atoms with Crippen LogP contribution in [0.15, 0.2) is 30.3 Å². The molecule has 0 aliphatic carbocycles. The standard InChI is InChI=1S/C17H26BrNO/c18-11-15-20-17-9-13-19(14-10-17)12-5-4-8-16-6-2-1-3-7-16/h1-3,6-7,17H,4-5,8-15H2. The molecule has 1 fully saturated rings. The van der Waals surface area contributed by atoms with E-state index in [4.69, 9.17) is 4.74 Å². The molecule has 3 heteroatoms. The zero-order valence-electron chi connectivity index (χ0n) is 12.3. The molecule has 1 saturated heterocycles. The number of aryl methyl sites for hydroxylation is 1. The van der Waals surface area contributed by atoms with E-state index in [1.807, 2.05) is 0 Å². The lowest BCUT2D eigenvalue weighted by atomic mass is 10.1. The Bertz CT molecular complexity index is 349. The lowest BCUT2D eigenvalue weighted by Crippen LogP contribution is -2.37. The highest BCUT2D eigenvalue weighted by Gasteiger charge is 2.18. The second kappa shape index (κ2) is 9.54. The van der Waals surface area contributed by atoms with Crippen molar-refractivity contribution < 1.29 is 4.74 Å². The molecule has 2 nitrogen and oxygen atoms in total. The van der Waals surface area contributed by atoms with Crippen molar-refractivity contribution in [2.24, 2.45) is 0 Å². The highest BCUT2D eigenvalue weighted by atomic mass is 79.9. The number of rotatable bonds is 8. The summed E-state index contributed by atoms with van der Waals surface area (Å²) in [5.74, 6) is 0. The first-order valence-corrected chi connectivity index (χ1v) is 8.94. The second-order valence-corrected chi connectivity index (χ2v) is 6.34. The molecule has 1 aliphatic rings. The molecular formula is C17H26BrNO. The zero-order chi connectivity index (χ0) is 14.0. The van der Waals surface area contributed by atoms with E-state index in [9.17, 15) is 0 Å². The van der Waals surface area contributed by atoms with E-state index < -0.39 is 0 Å². The van der Waals surface area contributed by atoms with Gasteiger partial charge in [0, 0.05) is 18.4 Å². The van der Waals surface area contributed by atoms with Gasteiger partial charge in [0.05, 0.1) is 12.7 Å². The largest absolute Gasteiger partial charge is 0.377 e. The second-order valence-electron chi connectivity index (χ2n) is 5.54. The maximum atomic E-state index is 5.79. The van der Waals surface area contributed by atoms with Crippen molar-refractivity contribution in [3.05, 3.63) is 35.9 Å². The molecule has 1 aromatic carbocycles. The molecule has 1 heterocycles. The predicted octanol–water partition coefficient (Wildman–Crippen LogP) is 3.89. The number of unbranched alkanes of at least 4 members (excludes halogenated alkanes) is 1. The monoisotopic (exact) mass is 339 g/mol. The van der Waals surface area contributed by atoms with Gasteiger partial charge in [-0.25, -0.2) is 0 Å². The number of halogens is 1. The fraction of sp³-hybridized carbons (Fsp3) is 0.647. The lowest BCUT2D eigenvalue weighted by molar-refractivity contribution is 0.0157. The number of alkyl halides is 1. The number of piperidine rings is 1. The number of hydrogen-bond acceptors (Lipinski definition) is 2. The minimum absolute atomic E-state index is 0.494. The molecular weight excluding hydrogens is 314 g/mol. The van der Waals surface area contributed by atoms with Crippen molar-refractivity contribution in [1.29, 1.82) is 0 Å². The topological polar surface area (TPSA) is 12.5 Å². The van der Waals surface area contributed by atoms with Crippen molar-refractivity contribution in [1.82, 2.24) is 4.90 Å². The Hall–Kier alpha value is -0.380. The maximum absolute atomic E-state index is 5.79. The third-order valence-corrected chi connectivity index (χ3v) is 4.32. The number of hydrogen-bond donors (Lipinski definition) is 0. The maximum Gasteiger partial charge on any atom is 0.0599 e. The summed E-state index contributed by atoms with van der Waals surface area (Å²) in [5, 5.41) is 0.951. The molecule has 0 bridgehead atoms. The average Bonchev–Trinajstić information content (AvgIpc) is 2.52. The Morgan fingerprint density at radius 1 is 1.10 bits per heavy atom. The average molecular weight is 340 g/mol. The third kappa shape index (κ3) is 5.94. The Morgan fingerprint density at radius 3 is 2.55 bits per heavy atom. The number of nitrogens with zero attached hydrogens (tertiary/aromatic N) is 1. The molecule has 0 saturated carbocycles. The van der Waals surface area contributed by atoms with Crippen molar-refractivity contribution in [3.63, 3.8) is 0 Å². The van der Waals surface area contributed by atoms with Gasteiger partial charge in [0.25, 0.3) is 0 Å². The van der Waals surface area contributed by atoms with Crippen LogP contribution in [0.2, 0.25) is 0 Å². The fourth-order valence-electron chi connectivity index (χ4n) is 2.82. The van der Waals surface area contributed by atoms with Gasteiger partial charge in [-0.2, -0.15) is 0 Å². The minimum Gasteiger partial charge on any atom is -0.377 e.